The molecule has 1 aliphatic heterocycles. The van der Waals surface area contributed by atoms with Crippen molar-refractivity contribution in [3.05, 3.63) is 52.0 Å². The van der Waals surface area contributed by atoms with Gasteiger partial charge >= 0.3 is 0 Å². The third-order valence-corrected chi connectivity index (χ3v) is 4.51. The Hall–Kier alpha value is -2.01. The number of hydrogen-bond acceptors (Lipinski definition) is 4. The van der Waals surface area contributed by atoms with Crippen molar-refractivity contribution in [2.24, 2.45) is 0 Å². The lowest BCUT2D eigenvalue weighted by atomic mass is 9.92. The fourth-order valence-corrected chi connectivity index (χ4v) is 3.31. The molecule has 1 atom stereocenters. The predicted octanol–water partition coefficient (Wildman–Crippen LogP) is 4.21. The molecule has 1 unspecified atom stereocenters. The number of methoxy groups -OCH3 is 2. The van der Waals surface area contributed by atoms with Crippen molar-refractivity contribution < 1.29 is 14.3 Å². The smallest absolute Gasteiger partial charge is 0.167 e. The summed E-state index contributed by atoms with van der Waals surface area (Å²) in [6.07, 6.45) is 0.408. The second kappa shape index (κ2) is 6.01. The van der Waals surface area contributed by atoms with E-state index in [0.29, 0.717) is 17.9 Å². The Morgan fingerprint density at radius 2 is 1.82 bits per heavy atom. The van der Waals surface area contributed by atoms with Gasteiger partial charge in [0.1, 0.15) is 0 Å². The maximum Gasteiger partial charge on any atom is 0.167 e. The Labute approximate surface area is 137 Å². The van der Waals surface area contributed by atoms with Gasteiger partial charge in [0.25, 0.3) is 0 Å². The molecule has 4 nitrogen and oxygen atoms in total. The number of hydrogen-bond donors (Lipinski definition) is 1. The van der Waals surface area contributed by atoms with E-state index in [0.717, 1.165) is 21.3 Å². The Bertz CT molecular complexity index is 730. The first-order chi connectivity index (χ1) is 10.6. The molecule has 5 heteroatoms. The van der Waals surface area contributed by atoms with Gasteiger partial charge in [0.05, 0.1) is 20.3 Å². The normalized spacial score (nSPS) is 16.7. The second-order valence-corrected chi connectivity index (χ2v) is 5.95. The minimum Gasteiger partial charge on any atom is -0.493 e. The van der Waals surface area contributed by atoms with E-state index in [2.05, 4.69) is 21.2 Å². The number of ether oxygens (including phenoxy) is 2. The van der Waals surface area contributed by atoms with Crippen LogP contribution in [0.4, 0.5) is 5.69 Å². The maximum atomic E-state index is 12.3. The van der Waals surface area contributed by atoms with Crippen LogP contribution in [-0.4, -0.2) is 20.0 Å². The highest BCUT2D eigenvalue weighted by Gasteiger charge is 2.27. The first kappa shape index (κ1) is 14.9. The molecule has 0 bridgehead atoms. The maximum absolute atomic E-state index is 12.3. The molecule has 0 aliphatic carbocycles. The standard InChI is InChI=1S/C17H16BrNO3/c1-21-16-7-11(12(18)8-17(16)22-2)14-9-15(20)10-5-3-4-6-13(10)19-14/h3-8,14,19H,9H2,1-2H3. The van der Waals surface area contributed by atoms with Crippen LogP contribution in [0, 0.1) is 0 Å². The van der Waals surface area contributed by atoms with Gasteiger partial charge in [-0.25, -0.2) is 0 Å². The zero-order valence-electron chi connectivity index (χ0n) is 12.4. The molecule has 1 aliphatic rings. The van der Waals surface area contributed by atoms with Gasteiger partial charge in [-0.15, -0.1) is 0 Å². The summed E-state index contributed by atoms with van der Waals surface area (Å²) in [7, 11) is 3.20. The average molecular weight is 362 g/mol. The first-order valence-corrected chi connectivity index (χ1v) is 7.73. The summed E-state index contributed by atoms with van der Waals surface area (Å²) in [5, 5.41) is 3.43. The van der Waals surface area contributed by atoms with Crippen molar-refractivity contribution in [3.63, 3.8) is 0 Å². The highest BCUT2D eigenvalue weighted by molar-refractivity contribution is 9.10. The third kappa shape index (κ3) is 2.57. The van der Waals surface area contributed by atoms with Crippen LogP contribution in [0.3, 0.4) is 0 Å². The summed E-state index contributed by atoms with van der Waals surface area (Å²) in [4.78, 5) is 12.3. The van der Waals surface area contributed by atoms with Crippen LogP contribution in [0.5, 0.6) is 11.5 Å². The van der Waals surface area contributed by atoms with Crippen molar-refractivity contribution >= 4 is 27.4 Å². The summed E-state index contributed by atoms with van der Waals surface area (Å²) in [6, 6.07) is 11.2. The summed E-state index contributed by atoms with van der Waals surface area (Å²) >= 11 is 3.56. The lowest BCUT2D eigenvalue weighted by molar-refractivity contribution is 0.0972. The molecule has 0 spiro atoms. The highest BCUT2D eigenvalue weighted by Crippen LogP contribution is 2.40. The van der Waals surface area contributed by atoms with Crippen LogP contribution in [-0.2, 0) is 0 Å². The molecule has 114 valence electrons. The van der Waals surface area contributed by atoms with E-state index in [4.69, 9.17) is 9.47 Å². The fraction of sp³-hybridized carbons (Fsp3) is 0.235. The van der Waals surface area contributed by atoms with Crippen LogP contribution in [0.15, 0.2) is 40.9 Å². The molecule has 1 N–H and O–H groups in total. The Morgan fingerprint density at radius 1 is 1.14 bits per heavy atom. The number of halogens is 1. The van der Waals surface area contributed by atoms with E-state index in [1.54, 1.807) is 14.2 Å². The molecule has 22 heavy (non-hydrogen) atoms. The predicted molar refractivity (Wildman–Crippen MR) is 89.0 cm³/mol. The van der Waals surface area contributed by atoms with Crippen molar-refractivity contribution in [2.45, 2.75) is 12.5 Å². The van der Waals surface area contributed by atoms with E-state index in [9.17, 15) is 4.79 Å². The zero-order chi connectivity index (χ0) is 15.7. The Morgan fingerprint density at radius 3 is 2.55 bits per heavy atom. The minimum atomic E-state index is -0.100. The quantitative estimate of drug-likeness (QED) is 0.889. The molecule has 0 saturated carbocycles. The van der Waals surface area contributed by atoms with Crippen LogP contribution < -0.4 is 14.8 Å². The van der Waals surface area contributed by atoms with E-state index in [-0.39, 0.29) is 11.8 Å². The number of nitrogens with one attached hydrogen (secondary N) is 1. The van der Waals surface area contributed by atoms with Crippen molar-refractivity contribution in [1.29, 1.82) is 0 Å². The lowest BCUT2D eigenvalue weighted by Crippen LogP contribution is -2.23. The van der Waals surface area contributed by atoms with Gasteiger partial charge < -0.3 is 14.8 Å². The van der Waals surface area contributed by atoms with Crippen LogP contribution in [0.25, 0.3) is 0 Å². The number of fused-ring (bicyclic) bond motifs is 1. The van der Waals surface area contributed by atoms with Crippen molar-refractivity contribution in [1.82, 2.24) is 0 Å². The van der Waals surface area contributed by atoms with Crippen LogP contribution in [0.2, 0.25) is 0 Å². The second-order valence-electron chi connectivity index (χ2n) is 5.10. The first-order valence-electron chi connectivity index (χ1n) is 6.94. The largest absolute Gasteiger partial charge is 0.493 e. The SMILES string of the molecule is COc1cc(Br)c(C2CC(=O)c3ccccc3N2)cc1OC. The third-order valence-electron chi connectivity index (χ3n) is 3.83. The van der Waals surface area contributed by atoms with Crippen LogP contribution >= 0.6 is 15.9 Å². The molecule has 1 heterocycles. The monoisotopic (exact) mass is 361 g/mol. The molecular weight excluding hydrogens is 346 g/mol. The van der Waals surface area contributed by atoms with E-state index in [1.165, 1.54) is 0 Å². The van der Waals surface area contributed by atoms with Gasteiger partial charge in [0.2, 0.25) is 0 Å². The molecule has 0 amide bonds. The number of ketones is 1. The van der Waals surface area contributed by atoms with Crippen molar-refractivity contribution in [3.8, 4) is 11.5 Å². The van der Waals surface area contributed by atoms with E-state index in [1.807, 2.05) is 36.4 Å². The van der Waals surface area contributed by atoms with Gasteiger partial charge in [-0.05, 0) is 29.8 Å². The molecule has 0 fully saturated rings. The fourth-order valence-electron chi connectivity index (χ4n) is 2.71. The zero-order valence-corrected chi connectivity index (χ0v) is 13.9. The average Bonchev–Trinajstić information content (AvgIpc) is 2.54. The van der Waals surface area contributed by atoms with Crippen LogP contribution in [0.1, 0.15) is 28.4 Å². The topological polar surface area (TPSA) is 47.6 Å². The van der Waals surface area contributed by atoms with Gasteiger partial charge in [0, 0.05) is 22.1 Å². The number of carbonyl (C=O) groups is 1. The number of carbonyl (C=O) groups excluding carboxylic acids is 1. The summed E-state index contributed by atoms with van der Waals surface area (Å²) in [6.45, 7) is 0. The molecular formula is C17H16BrNO3. The molecule has 3 rings (SSSR count). The van der Waals surface area contributed by atoms with Gasteiger partial charge in [0.15, 0.2) is 17.3 Å². The van der Waals surface area contributed by atoms with E-state index >= 15 is 0 Å². The molecule has 2 aromatic carbocycles. The summed E-state index contributed by atoms with van der Waals surface area (Å²) in [5.41, 5.74) is 2.58. The van der Waals surface area contributed by atoms with Crippen molar-refractivity contribution in [2.75, 3.05) is 19.5 Å². The number of benzene rings is 2. The number of anilines is 1. The lowest BCUT2D eigenvalue weighted by Gasteiger charge is -2.27. The Balaban J connectivity index is 2.01. The number of rotatable bonds is 3. The molecule has 2 aromatic rings. The van der Waals surface area contributed by atoms with E-state index < -0.39 is 0 Å². The van der Waals surface area contributed by atoms with Gasteiger partial charge in [-0.3, -0.25) is 4.79 Å². The Kier molecular flexibility index (Phi) is 4.07. The molecule has 0 saturated heterocycles. The molecule has 0 radical (unpaired) electrons. The number of Topliss-reactive ketones (excluding diaryl/α,β-unsaturated/α-hetero) is 1. The summed E-state index contributed by atoms with van der Waals surface area (Å²) in [5.74, 6) is 1.44. The highest BCUT2D eigenvalue weighted by atomic mass is 79.9. The number of para-hydroxylation sites is 1. The molecule has 0 aromatic heterocycles. The van der Waals surface area contributed by atoms with Gasteiger partial charge in [-0.1, -0.05) is 28.1 Å². The minimum absolute atomic E-state index is 0.100. The summed E-state index contributed by atoms with van der Waals surface area (Å²) < 4.78 is 11.5. The van der Waals surface area contributed by atoms with Gasteiger partial charge in [-0.2, -0.15) is 0 Å².